The highest BCUT2D eigenvalue weighted by atomic mass is 16.2. The van der Waals surface area contributed by atoms with Crippen molar-refractivity contribution in [1.29, 1.82) is 0 Å². The average molecular weight is 301 g/mol. The second kappa shape index (κ2) is 5.63. The quantitative estimate of drug-likeness (QED) is 0.786. The zero-order valence-corrected chi connectivity index (χ0v) is 13.5. The highest BCUT2D eigenvalue weighted by molar-refractivity contribution is 5.89. The summed E-state index contributed by atoms with van der Waals surface area (Å²) in [5, 5.41) is 0. The van der Waals surface area contributed by atoms with Crippen LogP contribution in [0.1, 0.15) is 18.9 Å². The smallest absolute Gasteiger partial charge is 0.228 e. The lowest BCUT2D eigenvalue weighted by atomic mass is 10.1. The van der Waals surface area contributed by atoms with Crippen LogP contribution in [0.4, 0.5) is 5.69 Å². The summed E-state index contributed by atoms with van der Waals surface area (Å²) >= 11 is 0. The molecule has 1 aromatic carbocycles. The van der Waals surface area contributed by atoms with Crippen molar-refractivity contribution in [2.45, 2.75) is 25.9 Å². The number of hydrogen-bond acceptors (Lipinski definition) is 3. The van der Waals surface area contributed by atoms with E-state index in [1.807, 2.05) is 17.0 Å². The van der Waals surface area contributed by atoms with Gasteiger partial charge in [0.05, 0.1) is 5.92 Å². The van der Waals surface area contributed by atoms with E-state index >= 15 is 0 Å². The van der Waals surface area contributed by atoms with Crippen molar-refractivity contribution in [3.63, 3.8) is 0 Å². The summed E-state index contributed by atoms with van der Waals surface area (Å²) < 4.78 is 0. The van der Waals surface area contributed by atoms with E-state index in [2.05, 4.69) is 31.0 Å². The molecule has 1 aromatic rings. The first-order valence-electron chi connectivity index (χ1n) is 7.81. The first-order chi connectivity index (χ1) is 10.5. The second-order valence-corrected chi connectivity index (χ2v) is 6.50. The van der Waals surface area contributed by atoms with Crippen LogP contribution in [0.15, 0.2) is 24.3 Å². The molecule has 2 amide bonds. The van der Waals surface area contributed by atoms with E-state index in [1.54, 1.807) is 11.9 Å². The van der Waals surface area contributed by atoms with Gasteiger partial charge in [-0.1, -0.05) is 18.2 Å². The van der Waals surface area contributed by atoms with Gasteiger partial charge in [-0.15, -0.1) is 0 Å². The minimum absolute atomic E-state index is 0.0679. The van der Waals surface area contributed by atoms with E-state index in [4.69, 9.17) is 0 Å². The third-order valence-electron chi connectivity index (χ3n) is 4.79. The number of likely N-dealkylation sites (tertiary alicyclic amines) is 1. The molecule has 2 unspecified atom stereocenters. The third-order valence-corrected chi connectivity index (χ3v) is 4.79. The Bertz CT molecular complexity index is 601. The molecule has 1 saturated heterocycles. The van der Waals surface area contributed by atoms with Crippen molar-refractivity contribution < 1.29 is 9.59 Å². The van der Waals surface area contributed by atoms with Gasteiger partial charge < -0.3 is 14.7 Å². The third kappa shape index (κ3) is 2.56. The molecular weight excluding hydrogens is 278 g/mol. The molecule has 0 aliphatic carbocycles. The number of nitrogens with zero attached hydrogens (tertiary/aromatic N) is 3. The molecule has 5 heteroatoms. The maximum absolute atomic E-state index is 12.9. The molecule has 2 atom stereocenters. The topological polar surface area (TPSA) is 43.9 Å². The van der Waals surface area contributed by atoms with Gasteiger partial charge in [-0.3, -0.25) is 9.59 Å². The predicted octanol–water partition coefficient (Wildman–Crippen LogP) is 1.33. The number of para-hydroxylation sites is 1. The lowest BCUT2D eigenvalue weighted by Crippen LogP contribution is -2.45. The summed E-state index contributed by atoms with van der Waals surface area (Å²) in [6.07, 6.45) is 0.343. The van der Waals surface area contributed by atoms with Crippen LogP contribution in [0.3, 0.4) is 0 Å². The minimum Gasteiger partial charge on any atom is -0.372 e. The van der Waals surface area contributed by atoms with Crippen LogP contribution in [0, 0.1) is 5.92 Å². The van der Waals surface area contributed by atoms with Crippen molar-refractivity contribution in [2.75, 3.05) is 32.1 Å². The van der Waals surface area contributed by atoms with Gasteiger partial charge in [0.25, 0.3) is 0 Å². The highest BCUT2D eigenvalue weighted by Gasteiger charge is 2.37. The summed E-state index contributed by atoms with van der Waals surface area (Å²) in [6, 6.07) is 8.35. The summed E-state index contributed by atoms with van der Waals surface area (Å²) in [6.45, 7) is 4.05. The largest absolute Gasteiger partial charge is 0.372 e. The number of anilines is 1. The van der Waals surface area contributed by atoms with Gasteiger partial charge in [-0.2, -0.15) is 0 Å². The predicted molar refractivity (Wildman–Crippen MR) is 85.5 cm³/mol. The molecule has 0 saturated carbocycles. The number of carbonyl (C=O) groups excluding carboxylic acids is 2. The number of likely N-dealkylation sites (N-methyl/N-ethyl adjacent to an activating group) is 1. The fraction of sp³-hybridized carbons (Fsp3) is 0.529. The summed E-state index contributed by atoms with van der Waals surface area (Å²) in [4.78, 5) is 30.4. The van der Waals surface area contributed by atoms with E-state index < -0.39 is 0 Å². The maximum Gasteiger partial charge on any atom is 0.228 e. The maximum atomic E-state index is 12.9. The molecule has 1 fully saturated rings. The zero-order valence-electron chi connectivity index (χ0n) is 13.5. The fourth-order valence-corrected chi connectivity index (χ4v) is 3.51. The van der Waals surface area contributed by atoms with E-state index in [9.17, 15) is 9.59 Å². The molecule has 5 nitrogen and oxygen atoms in total. The van der Waals surface area contributed by atoms with Gasteiger partial charge in [0.2, 0.25) is 11.8 Å². The van der Waals surface area contributed by atoms with Gasteiger partial charge in [0.15, 0.2) is 0 Å². The Morgan fingerprint density at radius 3 is 2.55 bits per heavy atom. The van der Waals surface area contributed by atoms with Crippen LogP contribution in [-0.4, -0.2) is 54.8 Å². The lowest BCUT2D eigenvalue weighted by molar-refractivity contribution is -0.138. The molecular formula is C17H23N3O2. The summed E-state index contributed by atoms with van der Waals surface area (Å²) in [5.74, 6) is -0.0239. The van der Waals surface area contributed by atoms with Crippen molar-refractivity contribution in [3.8, 4) is 0 Å². The van der Waals surface area contributed by atoms with Gasteiger partial charge >= 0.3 is 0 Å². The van der Waals surface area contributed by atoms with Crippen LogP contribution in [-0.2, 0) is 16.1 Å². The molecule has 118 valence electrons. The Morgan fingerprint density at radius 2 is 1.86 bits per heavy atom. The van der Waals surface area contributed by atoms with Crippen molar-refractivity contribution >= 4 is 17.5 Å². The Kier molecular flexibility index (Phi) is 3.81. The van der Waals surface area contributed by atoms with E-state index in [0.29, 0.717) is 19.5 Å². The van der Waals surface area contributed by atoms with E-state index in [-0.39, 0.29) is 23.8 Å². The first kappa shape index (κ1) is 14.9. The number of benzene rings is 1. The van der Waals surface area contributed by atoms with Crippen LogP contribution in [0.5, 0.6) is 0 Å². The SMILES string of the molecule is CC1CN(C)c2ccccc2CN1C(=O)C1CC(=O)N(C)C1. The normalized spacial score (nSPS) is 25.2. The molecule has 2 heterocycles. The minimum atomic E-state index is -0.199. The molecule has 0 N–H and O–H groups in total. The number of rotatable bonds is 1. The van der Waals surface area contributed by atoms with Gasteiger partial charge in [-0.05, 0) is 18.6 Å². The number of fused-ring (bicyclic) bond motifs is 1. The van der Waals surface area contributed by atoms with Gasteiger partial charge in [0.1, 0.15) is 0 Å². The average Bonchev–Trinajstić information content (AvgIpc) is 2.77. The van der Waals surface area contributed by atoms with Crippen LogP contribution < -0.4 is 4.90 Å². The van der Waals surface area contributed by atoms with Crippen LogP contribution in [0.2, 0.25) is 0 Å². The second-order valence-electron chi connectivity index (χ2n) is 6.50. The van der Waals surface area contributed by atoms with Crippen molar-refractivity contribution in [1.82, 2.24) is 9.80 Å². The molecule has 2 aliphatic rings. The van der Waals surface area contributed by atoms with Gasteiger partial charge in [0, 0.05) is 51.9 Å². The Morgan fingerprint density at radius 1 is 1.14 bits per heavy atom. The number of amides is 2. The Labute approximate surface area is 131 Å². The van der Waals surface area contributed by atoms with E-state index in [1.165, 1.54) is 11.3 Å². The zero-order chi connectivity index (χ0) is 15.9. The standard InChI is InChI=1S/C17H23N3O2/c1-12-9-18(2)15-7-5-4-6-13(15)11-20(12)17(22)14-8-16(21)19(3)10-14/h4-7,12,14H,8-11H2,1-3H3. The summed E-state index contributed by atoms with van der Waals surface area (Å²) in [7, 11) is 3.83. The van der Waals surface area contributed by atoms with E-state index in [0.717, 1.165) is 6.54 Å². The molecule has 0 aromatic heterocycles. The molecule has 3 rings (SSSR count). The molecule has 0 radical (unpaired) electrons. The lowest BCUT2D eigenvalue weighted by Gasteiger charge is -2.30. The van der Waals surface area contributed by atoms with Crippen LogP contribution in [0.25, 0.3) is 0 Å². The molecule has 0 spiro atoms. The van der Waals surface area contributed by atoms with Crippen molar-refractivity contribution in [3.05, 3.63) is 29.8 Å². The molecule has 22 heavy (non-hydrogen) atoms. The number of hydrogen-bond donors (Lipinski definition) is 0. The Balaban J connectivity index is 1.84. The fourth-order valence-electron chi connectivity index (χ4n) is 3.51. The van der Waals surface area contributed by atoms with Crippen molar-refractivity contribution in [2.24, 2.45) is 5.92 Å². The molecule has 0 bridgehead atoms. The number of carbonyl (C=O) groups is 2. The highest BCUT2D eigenvalue weighted by Crippen LogP contribution is 2.28. The monoisotopic (exact) mass is 301 g/mol. The van der Waals surface area contributed by atoms with Crippen LogP contribution >= 0.6 is 0 Å². The Hall–Kier alpha value is -2.04. The van der Waals surface area contributed by atoms with Gasteiger partial charge in [-0.25, -0.2) is 0 Å². The summed E-state index contributed by atoms with van der Waals surface area (Å²) in [5.41, 5.74) is 2.35. The first-order valence-corrected chi connectivity index (χ1v) is 7.81. The molecule has 2 aliphatic heterocycles.